The number of halogens is 1. The fourth-order valence-electron chi connectivity index (χ4n) is 5.08. The van der Waals surface area contributed by atoms with Crippen LogP contribution in [0, 0.1) is 12.7 Å². The summed E-state index contributed by atoms with van der Waals surface area (Å²) in [7, 11) is -4.17. The van der Waals surface area contributed by atoms with Crippen LogP contribution >= 0.6 is 11.8 Å². The lowest BCUT2D eigenvalue weighted by Crippen LogP contribution is -2.53. The van der Waals surface area contributed by atoms with Gasteiger partial charge in [-0.15, -0.1) is 11.8 Å². The van der Waals surface area contributed by atoms with Gasteiger partial charge in [0.25, 0.3) is 10.0 Å². The van der Waals surface area contributed by atoms with Crippen LogP contribution in [0.15, 0.2) is 82.6 Å². The van der Waals surface area contributed by atoms with Crippen LogP contribution < -0.4 is 9.62 Å². The van der Waals surface area contributed by atoms with E-state index in [1.165, 1.54) is 34.9 Å². The molecule has 1 aliphatic carbocycles. The number of sulfonamides is 1. The Morgan fingerprint density at radius 2 is 1.62 bits per heavy atom. The summed E-state index contributed by atoms with van der Waals surface area (Å²) in [6.07, 6.45) is 6.82. The van der Waals surface area contributed by atoms with Crippen molar-refractivity contribution in [2.75, 3.05) is 17.1 Å². The van der Waals surface area contributed by atoms with Crippen LogP contribution in [0.4, 0.5) is 10.1 Å². The van der Waals surface area contributed by atoms with Gasteiger partial charge in [0.2, 0.25) is 11.8 Å². The van der Waals surface area contributed by atoms with Gasteiger partial charge in [-0.05, 0) is 75.4 Å². The molecular formula is C32H38FN3O4S2. The molecule has 3 aromatic rings. The Morgan fingerprint density at radius 1 is 0.976 bits per heavy atom. The Bertz CT molecular complexity index is 1470. The quantitative estimate of drug-likeness (QED) is 0.272. The Balaban J connectivity index is 1.68. The van der Waals surface area contributed by atoms with Gasteiger partial charge in [-0.3, -0.25) is 13.9 Å². The zero-order valence-corrected chi connectivity index (χ0v) is 25.9. The highest BCUT2D eigenvalue weighted by Gasteiger charge is 2.33. The van der Waals surface area contributed by atoms with E-state index in [-0.39, 0.29) is 29.0 Å². The lowest BCUT2D eigenvalue weighted by atomic mass is 9.95. The van der Waals surface area contributed by atoms with Gasteiger partial charge in [-0.25, -0.2) is 12.8 Å². The number of nitrogens with zero attached hydrogens (tertiary/aromatic N) is 2. The summed E-state index contributed by atoms with van der Waals surface area (Å²) < 4.78 is 43.7. The highest BCUT2D eigenvalue weighted by atomic mass is 32.2. The maximum atomic E-state index is 14.7. The van der Waals surface area contributed by atoms with Crippen molar-refractivity contribution in [3.63, 3.8) is 0 Å². The first-order valence-electron chi connectivity index (χ1n) is 14.2. The molecule has 7 nitrogen and oxygen atoms in total. The predicted molar refractivity (Wildman–Crippen MR) is 165 cm³/mol. The van der Waals surface area contributed by atoms with Crippen molar-refractivity contribution in [3.05, 3.63) is 89.7 Å². The number of rotatable bonds is 11. The third kappa shape index (κ3) is 7.72. The summed E-state index contributed by atoms with van der Waals surface area (Å²) in [6.45, 7) is 2.74. The van der Waals surface area contributed by atoms with Gasteiger partial charge in [-0.2, -0.15) is 0 Å². The fourth-order valence-corrected chi connectivity index (χ4v) is 6.90. The Hall–Kier alpha value is -3.37. The molecule has 10 heteroatoms. The lowest BCUT2D eigenvalue weighted by molar-refractivity contribution is -0.139. The summed E-state index contributed by atoms with van der Waals surface area (Å²) >= 11 is 1.49. The largest absolute Gasteiger partial charge is 0.352 e. The smallest absolute Gasteiger partial charge is 0.264 e. The van der Waals surface area contributed by atoms with E-state index in [4.69, 9.17) is 0 Å². The number of aryl methyl sites for hydroxylation is 1. The SMILES string of the molecule is CSc1ccc(S(=O)(=O)N(CC(=O)N(Cc2ccccc2F)[C@@H](C)C(=O)NC2CCCCC2)c2ccc(C)cc2)cc1. The van der Waals surface area contributed by atoms with E-state index in [0.29, 0.717) is 5.69 Å². The highest BCUT2D eigenvalue weighted by Crippen LogP contribution is 2.27. The van der Waals surface area contributed by atoms with E-state index >= 15 is 0 Å². The van der Waals surface area contributed by atoms with Crippen LogP contribution in [0.1, 0.15) is 50.2 Å². The van der Waals surface area contributed by atoms with E-state index in [1.807, 2.05) is 13.2 Å². The van der Waals surface area contributed by atoms with Gasteiger partial charge in [0.1, 0.15) is 18.4 Å². The summed E-state index contributed by atoms with van der Waals surface area (Å²) in [5, 5.41) is 3.05. The number of benzene rings is 3. The first-order chi connectivity index (χ1) is 20.1. The minimum Gasteiger partial charge on any atom is -0.352 e. The second kappa shape index (κ2) is 14.2. The second-order valence-corrected chi connectivity index (χ2v) is 13.4. The number of nitrogens with one attached hydrogen (secondary N) is 1. The van der Waals surface area contributed by atoms with Crippen molar-refractivity contribution in [1.29, 1.82) is 0 Å². The molecule has 4 rings (SSSR count). The van der Waals surface area contributed by atoms with Crippen LogP contribution in [-0.4, -0.2) is 50.0 Å². The first kappa shape index (κ1) is 31.6. The van der Waals surface area contributed by atoms with Crippen molar-refractivity contribution in [1.82, 2.24) is 10.2 Å². The molecule has 0 radical (unpaired) electrons. The molecule has 1 atom stereocenters. The minimum absolute atomic E-state index is 0.0211. The molecule has 1 saturated carbocycles. The van der Waals surface area contributed by atoms with Gasteiger partial charge >= 0.3 is 0 Å². The van der Waals surface area contributed by atoms with Crippen molar-refractivity contribution >= 4 is 39.3 Å². The van der Waals surface area contributed by atoms with E-state index in [1.54, 1.807) is 61.5 Å². The molecule has 0 bridgehead atoms. The monoisotopic (exact) mass is 611 g/mol. The third-order valence-electron chi connectivity index (χ3n) is 7.67. The number of anilines is 1. The number of amides is 2. The standard InChI is InChI=1S/C32H38FN3O4S2/c1-23-13-15-27(16-14-23)36(42(39,40)29-19-17-28(41-3)18-20-29)22-31(37)35(21-25-9-7-8-12-30(25)33)24(2)32(38)34-26-10-5-4-6-11-26/h7-9,12-20,24,26H,4-6,10-11,21-22H2,1-3H3,(H,34,38)/t24-/m0/s1. The van der Waals surface area contributed by atoms with E-state index in [9.17, 15) is 22.4 Å². The Morgan fingerprint density at radius 3 is 2.24 bits per heavy atom. The molecule has 1 fully saturated rings. The molecule has 2 amide bonds. The van der Waals surface area contributed by atoms with Crippen LogP contribution in [-0.2, 0) is 26.2 Å². The van der Waals surface area contributed by atoms with Gasteiger partial charge in [-0.1, -0.05) is 55.2 Å². The third-order valence-corrected chi connectivity index (χ3v) is 10.2. The van der Waals surface area contributed by atoms with Gasteiger partial charge in [0, 0.05) is 23.0 Å². The van der Waals surface area contributed by atoms with Crippen molar-refractivity contribution in [2.24, 2.45) is 0 Å². The first-order valence-corrected chi connectivity index (χ1v) is 16.8. The zero-order chi connectivity index (χ0) is 30.3. The number of carbonyl (C=O) groups excluding carboxylic acids is 2. The zero-order valence-electron chi connectivity index (χ0n) is 24.3. The normalized spacial score (nSPS) is 14.7. The summed E-state index contributed by atoms with van der Waals surface area (Å²) in [6, 6.07) is 18.5. The van der Waals surface area contributed by atoms with E-state index in [2.05, 4.69) is 5.32 Å². The molecule has 3 aromatic carbocycles. The molecular weight excluding hydrogens is 574 g/mol. The summed E-state index contributed by atoms with van der Waals surface area (Å²) in [5.74, 6) is -1.47. The van der Waals surface area contributed by atoms with Crippen molar-refractivity contribution in [2.45, 2.75) is 74.4 Å². The molecule has 0 unspecified atom stereocenters. The van der Waals surface area contributed by atoms with Gasteiger partial charge in [0.05, 0.1) is 10.6 Å². The maximum Gasteiger partial charge on any atom is 0.264 e. The van der Waals surface area contributed by atoms with E-state index in [0.717, 1.165) is 46.9 Å². The molecule has 42 heavy (non-hydrogen) atoms. The average molecular weight is 612 g/mol. The predicted octanol–water partition coefficient (Wildman–Crippen LogP) is 5.92. The topological polar surface area (TPSA) is 86.8 Å². The molecule has 0 aliphatic heterocycles. The van der Waals surface area contributed by atoms with Gasteiger partial charge < -0.3 is 10.2 Å². The summed E-state index contributed by atoms with van der Waals surface area (Å²) in [5.41, 5.74) is 1.48. The number of thioether (sulfide) groups is 1. The highest BCUT2D eigenvalue weighted by molar-refractivity contribution is 7.98. The lowest BCUT2D eigenvalue weighted by Gasteiger charge is -2.33. The molecule has 0 aromatic heterocycles. The Kier molecular flexibility index (Phi) is 10.7. The number of hydrogen-bond donors (Lipinski definition) is 1. The Labute approximate surface area is 252 Å². The molecule has 1 aliphatic rings. The van der Waals surface area contributed by atoms with Crippen LogP contribution in [0.5, 0.6) is 0 Å². The molecule has 0 spiro atoms. The molecule has 0 saturated heterocycles. The van der Waals surface area contributed by atoms with Crippen molar-refractivity contribution < 1.29 is 22.4 Å². The molecule has 1 N–H and O–H groups in total. The minimum atomic E-state index is -4.17. The maximum absolute atomic E-state index is 14.7. The number of carbonyl (C=O) groups is 2. The van der Waals surface area contributed by atoms with Crippen LogP contribution in [0.2, 0.25) is 0 Å². The van der Waals surface area contributed by atoms with Crippen LogP contribution in [0.25, 0.3) is 0 Å². The molecule has 224 valence electrons. The molecule has 0 heterocycles. The average Bonchev–Trinajstić information content (AvgIpc) is 3.00. The number of hydrogen-bond acceptors (Lipinski definition) is 5. The second-order valence-electron chi connectivity index (χ2n) is 10.7. The van der Waals surface area contributed by atoms with Crippen LogP contribution in [0.3, 0.4) is 0 Å². The fraction of sp³-hybridized carbons (Fsp3) is 0.375. The van der Waals surface area contributed by atoms with Gasteiger partial charge in [0.15, 0.2) is 0 Å². The van der Waals surface area contributed by atoms with E-state index < -0.39 is 34.3 Å². The summed E-state index contributed by atoms with van der Waals surface area (Å²) in [4.78, 5) is 29.6. The van der Waals surface area contributed by atoms with Crippen molar-refractivity contribution in [3.8, 4) is 0 Å².